The molecule has 1 atom stereocenters. The van der Waals surface area contributed by atoms with Crippen LogP contribution < -0.4 is 5.32 Å². The van der Waals surface area contributed by atoms with E-state index < -0.39 is 0 Å². The Morgan fingerprint density at radius 2 is 2.08 bits per heavy atom. The van der Waals surface area contributed by atoms with E-state index in [9.17, 15) is 4.79 Å². The summed E-state index contributed by atoms with van der Waals surface area (Å²) in [5.41, 5.74) is 2.03. The lowest BCUT2D eigenvalue weighted by molar-refractivity contribution is -0.122. The zero-order valence-corrected chi connectivity index (χ0v) is 14.9. The van der Waals surface area contributed by atoms with Crippen molar-refractivity contribution < 1.29 is 4.79 Å². The van der Waals surface area contributed by atoms with Gasteiger partial charge >= 0.3 is 0 Å². The van der Waals surface area contributed by atoms with Crippen molar-refractivity contribution in [1.82, 2.24) is 15.3 Å². The molecule has 3 rings (SSSR count). The molecule has 0 aliphatic rings. The number of hydrogen-bond donors (Lipinski definition) is 2. The van der Waals surface area contributed by atoms with Gasteiger partial charge in [0.2, 0.25) is 5.91 Å². The summed E-state index contributed by atoms with van der Waals surface area (Å²) in [7, 11) is 0. The lowest BCUT2D eigenvalue weighted by Crippen LogP contribution is -2.31. The Morgan fingerprint density at radius 3 is 2.79 bits per heavy atom. The van der Waals surface area contributed by atoms with Crippen molar-refractivity contribution in [3.05, 3.63) is 52.5 Å². The number of imidazole rings is 1. The molecule has 0 radical (unpaired) electrons. The third-order valence-corrected chi connectivity index (χ3v) is 5.04. The van der Waals surface area contributed by atoms with E-state index in [0.29, 0.717) is 12.3 Å². The molecule has 0 bridgehead atoms. The van der Waals surface area contributed by atoms with Gasteiger partial charge in [-0.1, -0.05) is 32.0 Å². The maximum absolute atomic E-state index is 12.3. The second kappa shape index (κ2) is 7.62. The zero-order chi connectivity index (χ0) is 16.9. The minimum atomic E-state index is 0.101. The molecule has 0 fully saturated rings. The fourth-order valence-corrected chi connectivity index (χ4v) is 3.77. The number of benzene rings is 1. The molecule has 1 amide bonds. The van der Waals surface area contributed by atoms with Crippen molar-refractivity contribution in [1.29, 1.82) is 0 Å². The largest absolute Gasteiger partial charge is 0.348 e. The normalized spacial score (nSPS) is 12.6. The fraction of sp³-hybridized carbons (Fsp3) is 0.368. The van der Waals surface area contributed by atoms with Crippen LogP contribution in [0.15, 0.2) is 41.8 Å². The van der Waals surface area contributed by atoms with E-state index in [2.05, 4.69) is 40.6 Å². The van der Waals surface area contributed by atoms with Gasteiger partial charge in [-0.25, -0.2) is 4.98 Å². The second-order valence-corrected chi connectivity index (χ2v) is 7.34. The third kappa shape index (κ3) is 4.03. The summed E-state index contributed by atoms with van der Waals surface area (Å²) < 4.78 is 0. The molecule has 0 aliphatic heterocycles. The van der Waals surface area contributed by atoms with Crippen molar-refractivity contribution >= 4 is 28.3 Å². The highest BCUT2D eigenvalue weighted by Gasteiger charge is 2.19. The van der Waals surface area contributed by atoms with Crippen LogP contribution in [0.1, 0.15) is 43.4 Å². The SMILES string of the molecule is CC(C)[C@H](NC(=O)CCCc1nc2ccccc2[nH]1)c1cccs1. The second-order valence-electron chi connectivity index (χ2n) is 6.36. The van der Waals surface area contributed by atoms with E-state index in [1.54, 1.807) is 11.3 Å². The van der Waals surface area contributed by atoms with Crippen LogP contribution in [0.5, 0.6) is 0 Å². The topological polar surface area (TPSA) is 57.8 Å². The van der Waals surface area contributed by atoms with Gasteiger partial charge < -0.3 is 10.3 Å². The predicted molar refractivity (Wildman–Crippen MR) is 99.1 cm³/mol. The first-order chi connectivity index (χ1) is 11.6. The van der Waals surface area contributed by atoms with Gasteiger partial charge in [0.15, 0.2) is 0 Å². The number of carbonyl (C=O) groups is 1. The summed E-state index contributed by atoms with van der Waals surface area (Å²) in [5.74, 6) is 1.43. The van der Waals surface area contributed by atoms with Gasteiger partial charge in [0.1, 0.15) is 5.82 Å². The minimum absolute atomic E-state index is 0.101. The van der Waals surface area contributed by atoms with Crippen LogP contribution in [0.4, 0.5) is 0 Å². The number of para-hydroxylation sites is 2. The molecule has 3 aromatic rings. The number of hydrogen-bond acceptors (Lipinski definition) is 3. The number of H-pyrrole nitrogens is 1. The number of nitrogens with one attached hydrogen (secondary N) is 2. The summed E-state index contributed by atoms with van der Waals surface area (Å²) in [4.78, 5) is 21.4. The molecule has 2 N–H and O–H groups in total. The van der Waals surface area contributed by atoms with Crippen LogP contribution in [-0.2, 0) is 11.2 Å². The highest BCUT2D eigenvalue weighted by atomic mass is 32.1. The van der Waals surface area contributed by atoms with Crippen LogP contribution in [0, 0.1) is 5.92 Å². The molecular weight excluding hydrogens is 318 g/mol. The Bertz CT molecular complexity index is 759. The minimum Gasteiger partial charge on any atom is -0.348 e. The number of aromatic nitrogens is 2. The maximum Gasteiger partial charge on any atom is 0.220 e. The number of nitrogens with zero attached hydrogens (tertiary/aromatic N) is 1. The van der Waals surface area contributed by atoms with Crippen LogP contribution in [0.3, 0.4) is 0 Å². The smallest absolute Gasteiger partial charge is 0.220 e. The lowest BCUT2D eigenvalue weighted by Gasteiger charge is -2.21. The monoisotopic (exact) mass is 341 g/mol. The Labute approximate surface area is 146 Å². The first kappa shape index (κ1) is 16.7. The predicted octanol–water partition coefficient (Wildman–Crippen LogP) is 4.46. The molecule has 0 saturated heterocycles. The van der Waals surface area contributed by atoms with Crippen molar-refractivity contribution in [2.45, 2.75) is 39.2 Å². The lowest BCUT2D eigenvalue weighted by atomic mass is 10.0. The highest BCUT2D eigenvalue weighted by Crippen LogP contribution is 2.25. The Morgan fingerprint density at radius 1 is 1.25 bits per heavy atom. The van der Waals surface area contributed by atoms with Crippen LogP contribution >= 0.6 is 11.3 Å². The molecule has 2 aromatic heterocycles. The molecule has 2 heterocycles. The van der Waals surface area contributed by atoms with Crippen molar-refractivity contribution in [2.75, 3.05) is 0 Å². The summed E-state index contributed by atoms with van der Waals surface area (Å²) in [6.07, 6.45) is 2.10. The molecule has 0 unspecified atom stereocenters. The average Bonchev–Trinajstić information content (AvgIpc) is 3.21. The molecule has 5 heteroatoms. The van der Waals surface area contributed by atoms with Crippen LogP contribution in [0.25, 0.3) is 11.0 Å². The van der Waals surface area contributed by atoms with Gasteiger partial charge in [-0.3, -0.25) is 4.79 Å². The van der Waals surface area contributed by atoms with Gasteiger partial charge in [0.05, 0.1) is 17.1 Å². The highest BCUT2D eigenvalue weighted by molar-refractivity contribution is 7.10. The molecule has 0 spiro atoms. The van der Waals surface area contributed by atoms with E-state index in [-0.39, 0.29) is 11.9 Å². The van der Waals surface area contributed by atoms with Gasteiger partial charge in [-0.2, -0.15) is 0 Å². The van der Waals surface area contributed by atoms with E-state index >= 15 is 0 Å². The van der Waals surface area contributed by atoms with Crippen molar-refractivity contribution in [2.24, 2.45) is 5.92 Å². The van der Waals surface area contributed by atoms with Gasteiger partial charge in [-0.15, -0.1) is 11.3 Å². The van der Waals surface area contributed by atoms with E-state index in [0.717, 1.165) is 29.7 Å². The number of thiophene rings is 1. The molecule has 4 nitrogen and oxygen atoms in total. The molecule has 126 valence electrons. The fourth-order valence-electron chi connectivity index (χ4n) is 2.82. The Balaban J connectivity index is 1.51. The summed E-state index contributed by atoms with van der Waals surface area (Å²) in [6, 6.07) is 12.2. The standard InChI is InChI=1S/C19H23N3OS/c1-13(2)19(16-9-6-12-24-16)22-18(23)11-5-10-17-20-14-7-3-4-8-15(14)21-17/h3-4,6-9,12-13,19H,5,10-11H2,1-2H3,(H,20,21)(H,22,23)/t19-/m0/s1. The molecule has 1 aromatic carbocycles. The first-order valence-electron chi connectivity index (χ1n) is 8.40. The van der Waals surface area contributed by atoms with Crippen LogP contribution in [0.2, 0.25) is 0 Å². The molecular formula is C19H23N3OS. The maximum atomic E-state index is 12.3. The van der Waals surface area contributed by atoms with Gasteiger partial charge in [0.25, 0.3) is 0 Å². The molecule has 24 heavy (non-hydrogen) atoms. The summed E-state index contributed by atoms with van der Waals surface area (Å²) in [5, 5.41) is 5.23. The van der Waals surface area contributed by atoms with E-state index in [4.69, 9.17) is 0 Å². The number of carbonyl (C=O) groups excluding carboxylic acids is 1. The molecule has 0 saturated carbocycles. The number of aryl methyl sites for hydroxylation is 1. The Hall–Kier alpha value is -2.14. The number of fused-ring (bicyclic) bond motifs is 1. The summed E-state index contributed by atoms with van der Waals surface area (Å²) >= 11 is 1.69. The average molecular weight is 341 g/mol. The third-order valence-electron chi connectivity index (χ3n) is 4.09. The van der Waals surface area contributed by atoms with Gasteiger partial charge in [0, 0.05) is 17.7 Å². The quantitative estimate of drug-likeness (QED) is 0.666. The van der Waals surface area contributed by atoms with E-state index in [1.165, 1.54) is 4.88 Å². The van der Waals surface area contributed by atoms with Crippen LogP contribution in [-0.4, -0.2) is 15.9 Å². The summed E-state index contributed by atoms with van der Waals surface area (Å²) in [6.45, 7) is 4.28. The van der Waals surface area contributed by atoms with Crippen molar-refractivity contribution in [3.63, 3.8) is 0 Å². The Kier molecular flexibility index (Phi) is 5.30. The number of aromatic amines is 1. The number of amides is 1. The van der Waals surface area contributed by atoms with Gasteiger partial charge in [-0.05, 0) is 35.9 Å². The van der Waals surface area contributed by atoms with E-state index in [1.807, 2.05) is 30.3 Å². The van der Waals surface area contributed by atoms with Crippen molar-refractivity contribution in [3.8, 4) is 0 Å². The molecule has 0 aliphatic carbocycles. The zero-order valence-electron chi connectivity index (χ0n) is 14.1. The number of rotatable bonds is 7. The first-order valence-corrected chi connectivity index (χ1v) is 9.28.